The zero-order valence-electron chi connectivity index (χ0n) is 16.4. The number of nitrogens with one attached hydrogen (secondary N) is 2. The molecule has 5 nitrogen and oxygen atoms in total. The average Bonchev–Trinajstić information content (AvgIpc) is 2.98. The van der Waals surface area contributed by atoms with E-state index in [9.17, 15) is 9.59 Å². The van der Waals surface area contributed by atoms with Gasteiger partial charge in [-0.05, 0) is 56.9 Å². The molecule has 0 aliphatic heterocycles. The topological polar surface area (TPSA) is 74.8 Å². The third-order valence-electron chi connectivity index (χ3n) is 4.93. The summed E-state index contributed by atoms with van der Waals surface area (Å²) >= 11 is 3.16. The highest BCUT2D eigenvalue weighted by Gasteiger charge is 2.19. The summed E-state index contributed by atoms with van der Waals surface area (Å²) in [5, 5.41) is 3.84. The molecule has 0 saturated carbocycles. The van der Waals surface area contributed by atoms with Gasteiger partial charge in [0.25, 0.3) is 5.56 Å². The highest BCUT2D eigenvalue weighted by molar-refractivity contribution is 7.99. The molecule has 2 heterocycles. The lowest BCUT2D eigenvalue weighted by molar-refractivity contribution is -0.119. The van der Waals surface area contributed by atoms with Crippen molar-refractivity contribution in [3.63, 3.8) is 0 Å². The van der Waals surface area contributed by atoms with Gasteiger partial charge >= 0.3 is 0 Å². The van der Waals surface area contributed by atoms with Crippen LogP contribution in [0.1, 0.15) is 62.7 Å². The van der Waals surface area contributed by atoms with E-state index in [1.165, 1.54) is 28.6 Å². The van der Waals surface area contributed by atoms with Crippen molar-refractivity contribution in [3.05, 3.63) is 26.6 Å². The second-order valence-corrected chi connectivity index (χ2v) is 9.91. The molecular weight excluding hydrogens is 378 g/mol. The van der Waals surface area contributed by atoms with Crippen LogP contribution in [0.5, 0.6) is 0 Å². The van der Waals surface area contributed by atoms with Crippen LogP contribution in [0.4, 0.5) is 0 Å². The molecule has 1 atom stereocenters. The first-order chi connectivity index (χ1) is 12.9. The maximum absolute atomic E-state index is 12.5. The predicted octanol–water partition coefficient (Wildman–Crippen LogP) is 4.04. The van der Waals surface area contributed by atoms with Gasteiger partial charge in [-0.2, -0.15) is 0 Å². The summed E-state index contributed by atoms with van der Waals surface area (Å²) in [4.78, 5) is 34.4. The lowest BCUT2D eigenvalue weighted by Crippen LogP contribution is -2.34. The van der Waals surface area contributed by atoms with Gasteiger partial charge < -0.3 is 10.3 Å². The number of nitrogens with zero attached hydrogens (tertiary/aromatic N) is 1. The number of hydrogen-bond donors (Lipinski definition) is 2. The average molecular weight is 408 g/mol. The van der Waals surface area contributed by atoms with E-state index >= 15 is 0 Å². The molecule has 0 unspecified atom stereocenters. The van der Waals surface area contributed by atoms with Crippen LogP contribution in [0.15, 0.2) is 4.79 Å². The van der Waals surface area contributed by atoms with Crippen LogP contribution in [0.3, 0.4) is 0 Å². The molecule has 0 spiro atoms. The second-order valence-electron chi connectivity index (χ2n) is 7.84. The summed E-state index contributed by atoms with van der Waals surface area (Å²) in [6.07, 6.45) is 6.53. The van der Waals surface area contributed by atoms with E-state index in [1.54, 1.807) is 11.3 Å². The molecule has 7 heteroatoms. The normalized spacial score (nSPS) is 15.1. The van der Waals surface area contributed by atoms with Gasteiger partial charge in [-0.25, -0.2) is 4.98 Å². The van der Waals surface area contributed by atoms with Crippen LogP contribution in [-0.2, 0) is 23.4 Å². The van der Waals surface area contributed by atoms with Gasteiger partial charge in [-0.15, -0.1) is 23.1 Å². The monoisotopic (exact) mass is 407 g/mol. The molecule has 0 fully saturated rings. The molecule has 148 valence electrons. The zero-order valence-corrected chi connectivity index (χ0v) is 18.0. The molecular formula is C20H29N3O2S2. The lowest BCUT2D eigenvalue weighted by atomic mass is 9.97. The van der Waals surface area contributed by atoms with E-state index in [-0.39, 0.29) is 17.5 Å². The smallest absolute Gasteiger partial charge is 0.259 e. The Kier molecular flexibility index (Phi) is 6.98. The fraction of sp³-hybridized carbons (Fsp3) is 0.650. The Hall–Kier alpha value is -1.34. The van der Waals surface area contributed by atoms with Crippen LogP contribution in [0, 0.1) is 5.92 Å². The third kappa shape index (κ3) is 5.35. The van der Waals surface area contributed by atoms with Gasteiger partial charge in [0.15, 0.2) is 0 Å². The van der Waals surface area contributed by atoms with Gasteiger partial charge in [0.2, 0.25) is 5.91 Å². The van der Waals surface area contributed by atoms with E-state index in [2.05, 4.69) is 36.1 Å². The summed E-state index contributed by atoms with van der Waals surface area (Å²) in [7, 11) is 0. The highest BCUT2D eigenvalue weighted by atomic mass is 32.2. The summed E-state index contributed by atoms with van der Waals surface area (Å²) in [5.41, 5.74) is 1.19. The van der Waals surface area contributed by atoms with Crippen molar-refractivity contribution in [1.29, 1.82) is 0 Å². The molecule has 0 radical (unpaired) electrons. The largest absolute Gasteiger partial charge is 0.353 e. The van der Waals surface area contributed by atoms with Gasteiger partial charge in [0, 0.05) is 10.9 Å². The van der Waals surface area contributed by atoms with Crippen LogP contribution in [0.25, 0.3) is 10.2 Å². The fourth-order valence-electron chi connectivity index (χ4n) is 3.49. The maximum Gasteiger partial charge on any atom is 0.259 e. The number of thiophene rings is 1. The minimum absolute atomic E-state index is 0.0261. The van der Waals surface area contributed by atoms with Crippen LogP contribution in [-0.4, -0.2) is 27.7 Å². The number of carbonyl (C=O) groups is 1. The van der Waals surface area contributed by atoms with Gasteiger partial charge in [-0.1, -0.05) is 13.8 Å². The van der Waals surface area contributed by atoms with Gasteiger partial charge in [0.1, 0.15) is 10.7 Å². The van der Waals surface area contributed by atoms with E-state index < -0.39 is 0 Å². The summed E-state index contributed by atoms with van der Waals surface area (Å²) < 4.78 is 0. The number of aromatic nitrogens is 2. The van der Waals surface area contributed by atoms with Crippen molar-refractivity contribution in [1.82, 2.24) is 15.3 Å². The minimum atomic E-state index is -0.0261. The van der Waals surface area contributed by atoms with E-state index in [4.69, 9.17) is 0 Å². The van der Waals surface area contributed by atoms with Gasteiger partial charge in [-0.3, -0.25) is 9.59 Å². The number of aryl methyl sites for hydroxylation is 2. The first-order valence-electron chi connectivity index (χ1n) is 9.84. The number of aromatic amines is 1. The molecule has 3 rings (SSSR count). The predicted molar refractivity (Wildman–Crippen MR) is 115 cm³/mol. The van der Waals surface area contributed by atoms with E-state index in [0.29, 0.717) is 23.2 Å². The summed E-state index contributed by atoms with van der Waals surface area (Å²) in [6.45, 7) is 6.44. The van der Waals surface area contributed by atoms with E-state index in [0.717, 1.165) is 42.3 Å². The van der Waals surface area contributed by atoms with Crippen molar-refractivity contribution in [2.45, 2.75) is 71.1 Å². The minimum Gasteiger partial charge on any atom is -0.353 e. The maximum atomic E-state index is 12.5. The lowest BCUT2D eigenvalue weighted by Gasteiger charge is -2.14. The molecule has 1 aliphatic carbocycles. The molecule has 27 heavy (non-hydrogen) atoms. The number of rotatable bonds is 8. The number of amides is 1. The Labute approximate surface area is 168 Å². The Bertz CT molecular complexity index is 857. The molecule has 1 amide bonds. The van der Waals surface area contributed by atoms with E-state index in [1.807, 2.05) is 0 Å². The number of thioether (sulfide) groups is 1. The van der Waals surface area contributed by atoms with Crippen molar-refractivity contribution in [3.8, 4) is 0 Å². The molecule has 0 aromatic carbocycles. The van der Waals surface area contributed by atoms with Crippen molar-refractivity contribution in [2.24, 2.45) is 5.92 Å². The van der Waals surface area contributed by atoms with Crippen molar-refractivity contribution >= 4 is 39.2 Å². The quantitative estimate of drug-likeness (QED) is 0.693. The Morgan fingerprint density at radius 2 is 2.04 bits per heavy atom. The Morgan fingerprint density at radius 1 is 1.26 bits per heavy atom. The summed E-state index contributed by atoms with van der Waals surface area (Å²) in [5.74, 6) is 2.29. The highest BCUT2D eigenvalue weighted by Crippen LogP contribution is 2.33. The summed E-state index contributed by atoms with van der Waals surface area (Å²) in [6, 6.07) is 0.201. The first-order valence-corrected chi connectivity index (χ1v) is 11.8. The molecule has 2 N–H and O–H groups in total. The first kappa shape index (κ1) is 20.4. The number of H-pyrrole nitrogens is 1. The van der Waals surface area contributed by atoms with Crippen LogP contribution in [0.2, 0.25) is 0 Å². The molecule has 0 saturated heterocycles. The standard InChI is InChI=1S/C20H29N3O2S2/c1-12(2)8-9-13(3)21-17(24)11-26-10-16-22-19(25)18-14-6-4-5-7-15(14)27-20(18)23-16/h12-13H,4-11H2,1-3H3,(H,21,24)(H,22,23,25)/t13-/m1/s1. The Balaban J connectivity index is 1.55. The number of fused-ring (bicyclic) bond motifs is 3. The third-order valence-corrected chi connectivity index (χ3v) is 7.06. The number of carbonyl (C=O) groups excluding carboxylic acids is 1. The van der Waals surface area contributed by atoms with Crippen LogP contribution < -0.4 is 10.9 Å². The molecule has 1 aliphatic rings. The second kappa shape index (κ2) is 9.24. The Morgan fingerprint density at radius 3 is 2.81 bits per heavy atom. The van der Waals surface area contributed by atoms with Crippen LogP contribution >= 0.6 is 23.1 Å². The zero-order chi connectivity index (χ0) is 19.4. The SMILES string of the molecule is CC(C)CC[C@@H](C)NC(=O)CSCc1nc2sc3c(c2c(=O)[nH]1)CCCC3. The fourth-order valence-corrected chi connectivity index (χ4v) is 5.47. The molecule has 2 aromatic heterocycles. The van der Waals surface area contributed by atoms with Crippen molar-refractivity contribution < 1.29 is 4.79 Å². The van der Waals surface area contributed by atoms with Crippen molar-refractivity contribution in [2.75, 3.05) is 5.75 Å². The van der Waals surface area contributed by atoms with Gasteiger partial charge in [0.05, 0.1) is 16.9 Å². The molecule has 2 aromatic rings. The number of hydrogen-bond acceptors (Lipinski definition) is 5. The molecule has 0 bridgehead atoms.